The number of sulfonamides is 1. The Bertz CT molecular complexity index is 1200. The van der Waals surface area contributed by atoms with E-state index >= 15 is 0 Å². The summed E-state index contributed by atoms with van der Waals surface area (Å²) in [6, 6.07) is 13.1. The number of halogens is 1. The van der Waals surface area contributed by atoms with Crippen LogP contribution in [-0.2, 0) is 10.0 Å². The molecule has 11 heteroatoms. The fourth-order valence-electron chi connectivity index (χ4n) is 2.44. The van der Waals surface area contributed by atoms with Crippen LogP contribution >= 0.6 is 11.6 Å². The van der Waals surface area contributed by atoms with Crippen molar-refractivity contribution >= 4 is 44.4 Å². The molecular weight excluding hydrogens is 430 g/mol. The van der Waals surface area contributed by atoms with Crippen molar-refractivity contribution in [2.45, 2.75) is 11.8 Å². The molecule has 0 aliphatic heterocycles. The van der Waals surface area contributed by atoms with Gasteiger partial charge in [0, 0.05) is 34.7 Å². The lowest BCUT2D eigenvalue weighted by Crippen LogP contribution is -2.13. The van der Waals surface area contributed by atoms with Gasteiger partial charge in [0.1, 0.15) is 5.69 Å². The quantitative estimate of drug-likeness (QED) is 0.317. The zero-order valence-corrected chi connectivity index (χ0v) is 17.2. The van der Waals surface area contributed by atoms with Crippen molar-refractivity contribution in [3.63, 3.8) is 0 Å². The second kappa shape index (κ2) is 8.89. The summed E-state index contributed by atoms with van der Waals surface area (Å²) in [6.07, 6.45) is 3.22. The number of hydrogen-bond donors (Lipinski definition) is 2. The van der Waals surface area contributed by atoms with Gasteiger partial charge in [-0.15, -0.1) is 0 Å². The Morgan fingerprint density at radius 3 is 2.53 bits per heavy atom. The first kappa shape index (κ1) is 21.2. The number of nitro groups is 1. The summed E-state index contributed by atoms with van der Waals surface area (Å²) in [6.45, 7) is 1.71. The molecule has 1 heterocycles. The summed E-state index contributed by atoms with van der Waals surface area (Å²) >= 11 is 5.79. The molecule has 0 spiro atoms. The van der Waals surface area contributed by atoms with Crippen molar-refractivity contribution in [1.82, 2.24) is 4.98 Å². The van der Waals surface area contributed by atoms with Crippen LogP contribution in [0, 0.1) is 10.1 Å². The predicted molar refractivity (Wildman–Crippen MR) is 115 cm³/mol. The maximum atomic E-state index is 12.6. The van der Waals surface area contributed by atoms with E-state index in [-0.39, 0.29) is 16.3 Å². The van der Waals surface area contributed by atoms with E-state index in [2.05, 4.69) is 20.2 Å². The van der Waals surface area contributed by atoms with E-state index in [0.29, 0.717) is 10.7 Å². The molecule has 0 atom stereocenters. The average Bonchev–Trinajstić information content (AvgIpc) is 2.74. The van der Waals surface area contributed by atoms with Crippen molar-refractivity contribution in [2.75, 3.05) is 10.1 Å². The lowest BCUT2D eigenvalue weighted by atomic mass is 10.2. The minimum Gasteiger partial charge on any atom is -0.280 e. The minimum atomic E-state index is -4.04. The third kappa shape index (κ3) is 5.10. The summed E-state index contributed by atoms with van der Waals surface area (Å²) in [5.74, 6) is 0. The molecule has 0 unspecified atom stereocenters. The van der Waals surface area contributed by atoms with E-state index in [4.69, 9.17) is 11.6 Å². The number of nitrogens with one attached hydrogen (secondary N) is 2. The fourth-order valence-corrected chi connectivity index (χ4v) is 3.65. The first-order valence-electron chi connectivity index (χ1n) is 8.54. The largest absolute Gasteiger partial charge is 0.295 e. The molecule has 0 fully saturated rings. The van der Waals surface area contributed by atoms with Gasteiger partial charge in [0.15, 0.2) is 0 Å². The highest BCUT2D eigenvalue weighted by Crippen LogP contribution is 2.29. The maximum Gasteiger partial charge on any atom is 0.295 e. The van der Waals surface area contributed by atoms with Gasteiger partial charge in [0.05, 0.1) is 15.5 Å². The maximum absolute atomic E-state index is 12.6. The molecule has 154 valence electrons. The zero-order chi connectivity index (χ0) is 21.7. The Morgan fingerprint density at radius 2 is 1.90 bits per heavy atom. The first-order chi connectivity index (χ1) is 14.3. The standard InChI is InChI=1S/C19H16ClN5O4S/c1-13(14-3-2-10-21-12-14)22-23-18-9-8-17(11-19(18)25(26)27)30(28,29)24-16-6-4-15(20)5-7-16/h2-12,23-24H,1H3/b22-13-. The number of anilines is 2. The molecule has 0 amide bonds. The van der Waals surface area contributed by atoms with Gasteiger partial charge in [0.25, 0.3) is 15.7 Å². The molecule has 0 aliphatic rings. The topological polar surface area (TPSA) is 127 Å². The molecule has 3 aromatic rings. The van der Waals surface area contributed by atoms with E-state index in [9.17, 15) is 18.5 Å². The lowest BCUT2D eigenvalue weighted by Gasteiger charge is -2.10. The Kier molecular flexibility index (Phi) is 6.28. The Hall–Kier alpha value is -3.50. The van der Waals surface area contributed by atoms with Gasteiger partial charge >= 0.3 is 0 Å². The van der Waals surface area contributed by atoms with E-state index < -0.39 is 20.6 Å². The van der Waals surface area contributed by atoms with E-state index in [1.54, 1.807) is 31.5 Å². The molecule has 2 N–H and O–H groups in total. The van der Waals surface area contributed by atoms with Crippen LogP contribution < -0.4 is 10.1 Å². The Morgan fingerprint density at radius 1 is 1.17 bits per heavy atom. The Labute approximate surface area is 177 Å². The molecule has 1 aromatic heterocycles. The van der Waals surface area contributed by atoms with Crippen molar-refractivity contribution in [1.29, 1.82) is 0 Å². The molecule has 0 saturated heterocycles. The second-order valence-electron chi connectivity index (χ2n) is 6.10. The average molecular weight is 446 g/mol. The van der Waals surface area contributed by atoms with Crippen molar-refractivity contribution < 1.29 is 13.3 Å². The van der Waals surface area contributed by atoms with Crippen LogP contribution in [0.25, 0.3) is 0 Å². The number of nitrogens with zero attached hydrogens (tertiary/aromatic N) is 3. The van der Waals surface area contributed by atoms with Crippen molar-refractivity contribution in [3.8, 4) is 0 Å². The van der Waals surface area contributed by atoms with E-state index in [0.717, 1.165) is 11.6 Å². The van der Waals surface area contributed by atoms with Gasteiger partial charge in [-0.3, -0.25) is 25.2 Å². The summed E-state index contributed by atoms with van der Waals surface area (Å²) in [5, 5.41) is 16.1. The van der Waals surface area contributed by atoms with E-state index in [1.807, 2.05) is 0 Å². The number of rotatable bonds is 7. The highest BCUT2D eigenvalue weighted by Gasteiger charge is 2.21. The van der Waals surface area contributed by atoms with Crippen LogP contribution in [0.5, 0.6) is 0 Å². The van der Waals surface area contributed by atoms with Gasteiger partial charge in [-0.2, -0.15) is 5.10 Å². The number of hydrazone groups is 1. The monoisotopic (exact) mass is 445 g/mol. The molecule has 30 heavy (non-hydrogen) atoms. The van der Waals surface area contributed by atoms with Crippen LogP contribution in [-0.4, -0.2) is 24.0 Å². The Balaban J connectivity index is 1.87. The van der Waals surface area contributed by atoms with Gasteiger partial charge in [-0.1, -0.05) is 17.7 Å². The number of nitro benzene ring substituents is 1. The van der Waals surface area contributed by atoms with Gasteiger partial charge in [-0.05, 0) is 49.4 Å². The van der Waals surface area contributed by atoms with Gasteiger partial charge < -0.3 is 0 Å². The zero-order valence-electron chi connectivity index (χ0n) is 15.6. The second-order valence-corrected chi connectivity index (χ2v) is 8.22. The minimum absolute atomic E-state index is 0.0497. The van der Waals surface area contributed by atoms with Crippen LogP contribution in [0.1, 0.15) is 12.5 Å². The SMILES string of the molecule is C/C(=N/Nc1ccc(S(=O)(=O)Nc2ccc(Cl)cc2)cc1[N+](=O)[O-])c1cccnc1. The molecule has 9 nitrogen and oxygen atoms in total. The molecule has 0 aliphatic carbocycles. The number of benzene rings is 2. The fraction of sp³-hybridized carbons (Fsp3) is 0.0526. The van der Waals surface area contributed by atoms with Gasteiger partial charge in [0.2, 0.25) is 0 Å². The molecule has 0 bridgehead atoms. The molecule has 2 aromatic carbocycles. The third-order valence-electron chi connectivity index (χ3n) is 4.00. The number of aromatic nitrogens is 1. The smallest absolute Gasteiger partial charge is 0.280 e. The number of hydrogen-bond acceptors (Lipinski definition) is 7. The first-order valence-corrected chi connectivity index (χ1v) is 10.4. The van der Waals surface area contributed by atoms with E-state index in [1.165, 1.54) is 36.4 Å². The van der Waals surface area contributed by atoms with Crippen LogP contribution in [0.2, 0.25) is 5.02 Å². The normalized spacial score (nSPS) is 11.7. The van der Waals surface area contributed by atoms with Crippen molar-refractivity contribution in [2.24, 2.45) is 5.10 Å². The van der Waals surface area contributed by atoms with Crippen molar-refractivity contribution in [3.05, 3.63) is 87.7 Å². The van der Waals surface area contributed by atoms with Gasteiger partial charge in [-0.25, -0.2) is 8.42 Å². The lowest BCUT2D eigenvalue weighted by molar-refractivity contribution is -0.384. The molecule has 0 saturated carbocycles. The third-order valence-corrected chi connectivity index (χ3v) is 5.63. The molecular formula is C19H16ClN5O4S. The number of pyridine rings is 1. The van der Waals surface area contributed by atoms with Crippen LogP contribution in [0.15, 0.2) is 77.0 Å². The van der Waals surface area contributed by atoms with Crippen LogP contribution in [0.4, 0.5) is 17.1 Å². The molecule has 3 rings (SSSR count). The summed E-state index contributed by atoms with van der Waals surface area (Å²) < 4.78 is 27.6. The highest BCUT2D eigenvalue weighted by molar-refractivity contribution is 7.92. The predicted octanol–water partition coefficient (Wildman–Crippen LogP) is 4.28. The molecule has 0 radical (unpaired) electrons. The highest BCUT2D eigenvalue weighted by atomic mass is 35.5. The van der Waals surface area contributed by atoms with Crippen LogP contribution in [0.3, 0.4) is 0 Å². The summed E-state index contributed by atoms with van der Waals surface area (Å²) in [7, 11) is -4.04. The summed E-state index contributed by atoms with van der Waals surface area (Å²) in [4.78, 5) is 14.5. The summed E-state index contributed by atoms with van der Waals surface area (Å²) in [5.41, 5.74) is 3.80.